The molecule has 4 heteroatoms. The smallest absolute Gasteiger partial charge is 0.135 e. The van der Waals surface area contributed by atoms with Gasteiger partial charge in [0.05, 0.1) is 18.0 Å². The van der Waals surface area contributed by atoms with Crippen LogP contribution in [0.4, 0.5) is 0 Å². The molecule has 1 N–H and O–H groups in total. The molecule has 2 aromatic heterocycles. The maximum atomic E-state index is 5.36. The van der Waals surface area contributed by atoms with Crippen LogP contribution in [0.1, 0.15) is 0 Å². The van der Waals surface area contributed by atoms with Crippen molar-refractivity contribution in [1.29, 1.82) is 0 Å². The van der Waals surface area contributed by atoms with E-state index in [0.29, 0.717) is 0 Å². The second kappa shape index (κ2) is 3.24. The zero-order valence-electron chi connectivity index (χ0n) is 7.70. The van der Waals surface area contributed by atoms with Crippen LogP contribution in [0.25, 0.3) is 22.2 Å². The molecule has 0 fully saturated rings. The number of aromatic nitrogens is 2. The van der Waals surface area contributed by atoms with Gasteiger partial charge in [-0.1, -0.05) is 15.9 Å². The molecule has 3 nitrogen and oxygen atoms in total. The number of furan rings is 1. The topological polar surface area (TPSA) is 41.8 Å². The molecule has 3 aromatic rings. The van der Waals surface area contributed by atoms with Gasteiger partial charge in [0, 0.05) is 15.4 Å². The van der Waals surface area contributed by atoms with Gasteiger partial charge in [-0.25, -0.2) is 0 Å². The molecule has 0 aliphatic rings. The average molecular weight is 263 g/mol. The van der Waals surface area contributed by atoms with Crippen molar-refractivity contribution >= 4 is 26.8 Å². The van der Waals surface area contributed by atoms with Crippen molar-refractivity contribution in [3.63, 3.8) is 0 Å². The normalized spacial score (nSPS) is 11.0. The fourth-order valence-electron chi connectivity index (χ4n) is 1.58. The Morgan fingerprint density at radius 1 is 1.33 bits per heavy atom. The first-order valence-electron chi connectivity index (χ1n) is 4.51. The first-order chi connectivity index (χ1) is 7.34. The molecule has 0 amide bonds. The molecule has 0 spiro atoms. The van der Waals surface area contributed by atoms with Gasteiger partial charge < -0.3 is 4.42 Å². The summed E-state index contributed by atoms with van der Waals surface area (Å²) in [6, 6.07) is 7.85. The maximum Gasteiger partial charge on any atom is 0.135 e. The van der Waals surface area contributed by atoms with Crippen molar-refractivity contribution in [2.45, 2.75) is 0 Å². The number of nitrogens with one attached hydrogen (secondary N) is 1. The van der Waals surface area contributed by atoms with E-state index in [0.717, 1.165) is 26.7 Å². The summed E-state index contributed by atoms with van der Waals surface area (Å²) in [5.41, 5.74) is 2.03. The fraction of sp³-hybridized carbons (Fsp3) is 0. The minimum absolute atomic E-state index is 0.846. The quantitative estimate of drug-likeness (QED) is 0.729. The zero-order valence-corrected chi connectivity index (χ0v) is 9.28. The van der Waals surface area contributed by atoms with Crippen LogP contribution in [0.2, 0.25) is 0 Å². The molecule has 1 aromatic carbocycles. The maximum absolute atomic E-state index is 5.36. The van der Waals surface area contributed by atoms with Gasteiger partial charge in [-0.3, -0.25) is 5.10 Å². The molecule has 0 unspecified atom stereocenters. The van der Waals surface area contributed by atoms with Crippen molar-refractivity contribution in [3.8, 4) is 11.3 Å². The Morgan fingerprint density at radius 3 is 3.07 bits per heavy atom. The lowest BCUT2D eigenvalue weighted by Gasteiger charge is -2.00. The molecule has 0 aliphatic heterocycles. The van der Waals surface area contributed by atoms with Crippen molar-refractivity contribution in [1.82, 2.24) is 10.2 Å². The third kappa shape index (κ3) is 1.37. The van der Waals surface area contributed by atoms with Gasteiger partial charge in [0.2, 0.25) is 0 Å². The van der Waals surface area contributed by atoms with E-state index in [1.165, 1.54) is 0 Å². The minimum Gasteiger partial charge on any atom is -0.464 e. The number of fused-ring (bicyclic) bond motifs is 1. The van der Waals surface area contributed by atoms with Crippen molar-refractivity contribution < 1.29 is 4.42 Å². The van der Waals surface area contributed by atoms with Gasteiger partial charge in [-0.05, 0) is 24.3 Å². The number of H-pyrrole nitrogens is 1. The summed E-state index contributed by atoms with van der Waals surface area (Å²) in [7, 11) is 0. The van der Waals surface area contributed by atoms with Crippen molar-refractivity contribution in [2.24, 2.45) is 0 Å². The summed E-state index contributed by atoms with van der Waals surface area (Å²) in [5.74, 6) is 0.846. The number of hydrogen-bond acceptors (Lipinski definition) is 2. The monoisotopic (exact) mass is 262 g/mol. The molecule has 0 saturated heterocycles. The van der Waals surface area contributed by atoms with Crippen LogP contribution in [0, 0.1) is 0 Å². The molecule has 0 atom stereocenters. The Bertz CT molecular complexity index is 598. The van der Waals surface area contributed by atoms with E-state index in [4.69, 9.17) is 4.42 Å². The Morgan fingerprint density at radius 2 is 2.27 bits per heavy atom. The second-order valence-corrected chi connectivity index (χ2v) is 4.12. The Labute approximate surface area is 94.2 Å². The third-order valence-corrected chi connectivity index (χ3v) is 2.97. The number of hydrogen-bond donors (Lipinski definition) is 1. The lowest BCUT2D eigenvalue weighted by molar-refractivity contribution is 0.582. The number of benzene rings is 1. The van der Waals surface area contributed by atoms with Gasteiger partial charge in [-0.15, -0.1) is 0 Å². The minimum atomic E-state index is 0.846. The predicted molar refractivity (Wildman–Crippen MR) is 61.5 cm³/mol. The van der Waals surface area contributed by atoms with Gasteiger partial charge in [0.25, 0.3) is 0 Å². The lowest BCUT2D eigenvalue weighted by atomic mass is 10.1. The van der Waals surface area contributed by atoms with Crippen LogP contribution in [0.15, 0.2) is 45.6 Å². The van der Waals surface area contributed by atoms with Crippen LogP contribution < -0.4 is 0 Å². The molecule has 0 saturated carbocycles. The van der Waals surface area contributed by atoms with Crippen molar-refractivity contribution in [3.05, 3.63) is 41.2 Å². The van der Waals surface area contributed by atoms with E-state index in [9.17, 15) is 0 Å². The van der Waals surface area contributed by atoms with E-state index < -0.39 is 0 Å². The van der Waals surface area contributed by atoms with Gasteiger partial charge in [-0.2, -0.15) is 5.10 Å². The summed E-state index contributed by atoms with van der Waals surface area (Å²) >= 11 is 3.52. The fourth-order valence-corrected chi connectivity index (χ4v) is 2.14. The average Bonchev–Trinajstić information content (AvgIpc) is 2.85. The molecular formula is C11H7BrN2O. The summed E-state index contributed by atoms with van der Waals surface area (Å²) < 4.78 is 6.37. The zero-order chi connectivity index (χ0) is 10.3. The molecule has 74 valence electrons. The molecule has 2 heterocycles. The van der Waals surface area contributed by atoms with Crippen LogP contribution in [0.5, 0.6) is 0 Å². The van der Waals surface area contributed by atoms with E-state index >= 15 is 0 Å². The Balaban J connectivity index is 2.30. The van der Waals surface area contributed by atoms with E-state index in [1.807, 2.05) is 24.3 Å². The van der Waals surface area contributed by atoms with E-state index in [2.05, 4.69) is 26.1 Å². The molecular weight excluding hydrogens is 256 g/mol. The van der Waals surface area contributed by atoms with E-state index in [-0.39, 0.29) is 0 Å². The summed E-state index contributed by atoms with van der Waals surface area (Å²) in [4.78, 5) is 0. The highest BCUT2D eigenvalue weighted by molar-refractivity contribution is 9.10. The molecule has 0 bridgehead atoms. The molecule has 0 aliphatic carbocycles. The highest BCUT2D eigenvalue weighted by Crippen LogP contribution is 2.31. The standard InChI is InChI=1S/C11H7BrN2O/c12-9-4-7-6-13-14-10(7)5-8(9)11-2-1-3-15-11/h1-6H,(H,13,14). The number of aromatic amines is 1. The van der Waals surface area contributed by atoms with Crippen LogP contribution in [-0.2, 0) is 0 Å². The predicted octanol–water partition coefficient (Wildman–Crippen LogP) is 3.59. The first kappa shape index (κ1) is 8.73. The Hall–Kier alpha value is -1.55. The van der Waals surface area contributed by atoms with Crippen LogP contribution >= 0.6 is 15.9 Å². The first-order valence-corrected chi connectivity index (χ1v) is 5.30. The second-order valence-electron chi connectivity index (χ2n) is 3.27. The lowest BCUT2D eigenvalue weighted by Crippen LogP contribution is -1.78. The number of rotatable bonds is 1. The molecule has 15 heavy (non-hydrogen) atoms. The summed E-state index contributed by atoms with van der Waals surface area (Å²) in [5, 5.41) is 8.01. The van der Waals surface area contributed by atoms with Gasteiger partial charge in [0.1, 0.15) is 5.76 Å². The number of halogens is 1. The van der Waals surface area contributed by atoms with Crippen LogP contribution in [0.3, 0.4) is 0 Å². The molecule has 0 radical (unpaired) electrons. The van der Waals surface area contributed by atoms with Gasteiger partial charge >= 0.3 is 0 Å². The van der Waals surface area contributed by atoms with Crippen LogP contribution in [-0.4, -0.2) is 10.2 Å². The highest BCUT2D eigenvalue weighted by atomic mass is 79.9. The Kier molecular flexibility index (Phi) is 1.89. The van der Waals surface area contributed by atoms with Gasteiger partial charge in [0.15, 0.2) is 0 Å². The van der Waals surface area contributed by atoms with E-state index in [1.54, 1.807) is 12.5 Å². The number of nitrogens with zero attached hydrogens (tertiary/aromatic N) is 1. The largest absolute Gasteiger partial charge is 0.464 e. The summed E-state index contributed by atoms with van der Waals surface area (Å²) in [6.07, 6.45) is 3.46. The highest BCUT2D eigenvalue weighted by Gasteiger charge is 2.08. The third-order valence-electron chi connectivity index (χ3n) is 2.31. The van der Waals surface area contributed by atoms with Crippen molar-refractivity contribution in [2.75, 3.05) is 0 Å². The summed E-state index contributed by atoms with van der Waals surface area (Å²) in [6.45, 7) is 0. The SMILES string of the molecule is Brc1cc2cn[nH]c2cc1-c1ccco1. The molecule has 3 rings (SSSR count).